The summed E-state index contributed by atoms with van der Waals surface area (Å²) in [7, 11) is 8.85. The van der Waals surface area contributed by atoms with E-state index in [1.54, 1.807) is 0 Å². The zero-order valence-electron chi connectivity index (χ0n) is 44.5. The second kappa shape index (κ2) is 38.0. The van der Waals surface area contributed by atoms with E-state index < -0.39 is 0 Å². The number of likely N-dealkylation sites (N-methyl/N-ethyl adjacent to an activating group) is 1. The van der Waals surface area contributed by atoms with Gasteiger partial charge in [-0.3, -0.25) is 9.69 Å². The van der Waals surface area contributed by atoms with Crippen molar-refractivity contribution in [3.05, 3.63) is 64.6 Å². The normalized spacial score (nSPS) is 28.6. The van der Waals surface area contributed by atoms with Gasteiger partial charge in [-0.15, -0.1) is 0 Å². The number of aliphatic hydroxyl groups excluding tert-OH is 2. The van der Waals surface area contributed by atoms with E-state index in [0.29, 0.717) is 30.3 Å². The Morgan fingerprint density at radius 1 is 0.515 bits per heavy atom. The lowest BCUT2D eigenvalue weighted by Crippen LogP contribution is -2.32. The molecule has 0 radical (unpaired) electrons. The molecular weight excluding hydrogens is 837 g/mol. The first-order valence-electron chi connectivity index (χ1n) is 28.2. The van der Waals surface area contributed by atoms with E-state index in [1.165, 1.54) is 219 Å². The molecule has 4 heterocycles. The number of carbonyl (C=O) groups is 1. The van der Waals surface area contributed by atoms with E-state index in [1.807, 2.05) is 0 Å². The van der Waals surface area contributed by atoms with Gasteiger partial charge in [0.25, 0.3) is 0 Å². The number of rotatable bonds is 5. The molecule has 2 N–H and O–H groups in total. The third-order valence-corrected chi connectivity index (χ3v) is 16.1. The van der Waals surface area contributed by atoms with Crippen LogP contribution in [0.3, 0.4) is 0 Å². The topological polar surface area (TPSA) is 70.5 Å². The van der Waals surface area contributed by atoms with Crippen molar-refractivity contribution in [1.82, 2.24) is 19.6 Å². The Morgan fingerprint density at radius 2 is 0.897 bits per heavy atom. The van der Waals surface area contributed by atoms with Crippen LogP contribution in [0.15, 0.2) is 64.6 Å². The predicted octanol–water partition coefficient (Wildman–Crippen LogP) is 13.4. The highest BCUT2D eigenvalue weighted by Gasteiger charge is 2.41. The summed E-state index contributed by atoms with van der Waals surface area (Å²) in [6.07, 6.45) is 42.6. The summed E-state index contributed by atoms with van der Waals surface area (Å²) in [5.74, 6) is 5.60. The molecule has 0 aromatic carbocycles. The highest BCUT2D eigenvalue weighted by molar-refractivity contribution is 5.75. The van der Waals surface area contributed by atoms with Crippen molar-refractivity contribution >= 4 is 6.29 Å². The average Bonchev–Trinajstić information content (AvgIpc) is 4.07. The Labute approximate surface area is 418 Å². The molecule has 68 heavy (non-hydrogen) atoms. The first-order chi connectivity index (χ1) is 33.2. The lowest BCUT2D eigenvalue weighted by atomic mass is 9.79. The molecule has 4 saturated heterocycles. The van der Waals surface area contributed by atoms with Crippen LogP contribution in [0.4, 0.5) is 0 Å². The minimum Gasteiger partial charge on any atom is -0.513 e. The summed E-state index contributed by atoms with van der Waals surface area (Å²) in [5, 5.41) is 16.5. The molecule has 7 unspecified atom stereocenters. The van der Waals surface area contributed by atoms with E-state index in [2.05, 4.69) is 101 Å². The van der Waals surface area contributed by atoms with Gasteiger partial charge >= 0.3 is 0 Å². The summed E-state index contributed by atoms with van der Waals surface area (Å²) >= 11 is 0. The number of aldehydes is 1. The zero-order chi connectivity index (χ0) is 49.0. The van der Waals surface area contributed by atoms with Gasteiger partial charge in [0, 0.05) is 51.8 Å². The maximum atomic E-state index is 11.6. The number of hydrogen-bond acceptors (Lipinski definition) is 7. The molecule has 7 nitrogen and oxygen atoms in total. The van der Waals surface area contributed by atoms with Gasteiger partial charge in [0.2, 0.25) is 0 Å². The second-order valence-corrected chi connectivity index (χ2v) is 22.0. The number of likely N-dealkylation sites (tertiary alicyclic amines) is 4. The van der Waals surface area contributed by atoms with Gasteiger partial charge < -0.3 is 24.9 Å². The Hall–Kier alpha value is -2.79. The molecule has 8 aliphatic rings. The minimum absolute atomic E-state index is 0.125. The van der Waals surface area contributed by atoms with E-state index in [9.17, 15) is 4.79 Å². The molecule has 8 fully saturated rings. The molecular formula is C61H102N4O3. The number of hydrogen-bond donors (Lipinski definition) is 2. The van der Waals surface area contributed by atoms with Crippen molar-refractivity contribution in [3.8, 4) is 0 Å². The van der Waals surface area contributed by atoms with Gasteiger partial charge in [-0.1, -0.05) is 146 Å². The van der Waals surface area contributed by atoms with E-state index >= 15 is 0 Å². The number of aliphatic hydroxyl groups is 2. The van der Waals surface area contributed by atoms with E-state index in [-0.39, 0.29) is 18.4 Å². The lowest BCUT2D eigenvalue weighted by molar-refractivity contribution is -0.105. The average molecular weight is 940 g/mol. The first kappa shape index (κ1) is 59.5. The van der Waals surface area contributed by atoms with Gasteiger partial charge in [0.1, 0.15) is 0 Å². The standard InChI is InChI=1S/C21H23NO.2C11H21N.C8H16.C5H11N.C5H10O2/c1-3-4-5-6-7-11-14-19(17-23)21-20-15-12-9-8-10-13-18(20)16-22(21)2;2*1-12-8-10-6-4-2-3-5-7-11(10)9-12;1-2-4-6-8-7-5-3-1;1-6-4-2-3-5-6;1-5(7)3-2-4-6/h17-18,20-21H,1,8-10,12-13,15-16H2,2H3;2*10-11H,2-9H2,1H3;1-8H2;2-5H2,1H3;6-7H,1-4H2. The van der Waals surface area contributed by atoms with Crippen LogP contribution < -0.4 is 0 Å². The van der Waals surface area contributed by atoms with Crippen molar-refractivity contribution < 1.29 is 15.0 Å². The summed E-state index contributed by atoms with van der Waals surface area (Å²) in [5.41, 5.74) is 19.2. The summed E-state index contributed by atoms with van der Waals surface area (Å²) < 4.78 is 0. The van der Waals surface area contributed by atoms with Crippen molar-refractivity contribution in [2.24, 2.45) is 35.5 Å². The molecule has 0 spiro atoms. The number of fused-ring (bicyclic) bond motifs is 3. The molecule has 0 aromatic heterocycles. The Kier molecular flexibility index (Phi) is 33.2. The van der Waals surface area contributed by atoms with Crippen LogP contribution in [0.25, 0.3) is 0 Å². The monoisotopic (exact) mass is 939 g/mol. The SMILES string of the molecule is C1CCCCCCC1.C=C(O)CCCO.C=C=C=C=C=C=C=C=C(C=O)C1C2CCCCCCC2CN1C.CN1CC2CCCCCCC2C1.CN1CC2CCCCCCC2C1.CN1CCCC1. The summed E-state index contributed by atoms with van der Waals surface area (Å²) in [6.45, 7) is 16.0. The Morgan fingerprint density at radius 3 is 1.25 bits per heavy atom. The number of allylic oxidation sites excluding steroid dienone is 1. The molecule has 7 atom stereocenters. The molecule has 0 aromatic rings. The van der Waals surface area contributed by atoms with Gasteiger partial charge in [-0.25, -0.2) is 0 Å². The van der Waals surface area contributed by atoms with E-state index in [4.69, 9.17) is 10.2 Å². The Bertz CT molecular complexity index is 1550. The van der Waals surface area contributed by atoms with Crippen LogP contribution in [-0.2, 0) is 4.79 Å². The molecule has 384 valence electrons. The molecule has 4 saturated carbocycles. The van der Waals surface area contributed by atoms with Crippen LogP contribution in [-0.4, -0.2) is 123 Å². The third-order valence-electron chi connectivity index (χ3n) is 16.1. The fourth-order valence-corrected chi connectivity index (χ4v) is 12.5. The first-order valence-corrected chi connectivity index (χ1v) is 28.2. The summed E-state index contributed by atoms with van der Waals surface area (Å²) in [6, 6.07) is 0.150. The minimum atomic E-state index is 0.125. The lowest BCUT2D eigenvalue weighted by Gasteiger charge is -2.27. The fraction of sp³-hybridized carbons (Fsp3) is 0.803. The molecule has 4 aliphatic carbocycles. The summed E-state index contributed by atoms with van der Waals surface area (Å²) in [4.78, 5) is 21.3. The van der Waals surface area contributed by atoms with Crippen LogP contribution in [0.5, 0.6) is 0 Å². The molecule has 0 amide bonds. The zero-order valence-corrected chi connectivity index (χ0v) is 44.5. The van der Waals surface area contributed by atoms with Gasteiger partial charge in [0.05, 0.1) is 11.3 Å². The van der Waals surface area contributed by atoms with Crippen LogP contribution in [0.1, 0.15) is 193 Å². The van der Waals surface area contributed by atoms with Gasteiger partial charge in [0.15, 0.2) is 6.29 Å². The number of nitrogens with zero attached hydrogens (tertiary/aromatic N) is 4. The quantitative estimate of drug-likeness (QED) is 0.123. The van der Waals surface area contributed by atoms with Crippen molar-refractivity contribution in [3.63, 3.8) is 0 Å². The Balaban J connectivity index is 0.000000232. The largest absolute Gasteiger partial charge is 0.513 e. The second-order valence-electron chi connectivity index (χ2n) is 22.0. The third kappa shape index (κ3) is 25.9. The molecule has 7 heteroatoms. The van der Waals surface area contributed by atoms with Gasteiger partial charge in [-0.05, 0) is 170 Å². The van der Waals surface area contributed by atoms with Crippen molar-refractivity contribution in [1.29, 1.82) is 0 Å². The van der Waals surface area contributed by atoms with Gasteiger partial charge in [-0.2, -0.15) is 0 Å². The highest BCUT2D eigenvalue weighted by atomic mass is 16.3. The molecule has 0 bridgehead atoms. The van der Waals surface area contributed by atoms with Crippen molar-refractivity contribution in [2.45, 2.75) is 199 Å². The van der Waals surface area contributed by atoms with Crippen molar-refractivity contribution in [2.75, 3.05) is 80.6 Å². The number of carbonyl (C=O) groups excluding carboxylic acids is 1. The highest BCUT2D eigenvalue weighted by Crippen LogP contribution is 2.40. The predicted molar refractivity (Wildman–Crippen MR) is 287 cm³/mol. The van der Waals surface area contributed by atoms with Crippen LogP contribution in [0, 0.1) is 35.5 Å². The maximum absolute atomic E-state index is 11.6. The smallest absolute Gasteiger partial charge is 0.156 e. The molecule has 4 aliphatic heterocycles. The molecule has 8 rings (SSSR count). The van der Waals surface area contributed by atoms with Crippen LogP contribution >= 0.6 is 0 Å². The fourth-order valence-electron chi connectivity index (χ4n) is 12.5. The van der Waals surface area contributed by atoms with Crippen LogP contribution in [0.2, 0.25) is 0 Å². The van der Waals surface area contributed by atoms with E-state index in [0.717, 1.165) is 36.5 Å². The maximum Gasteiger partial charge on any atom is 0.156 e.